The summed E-state index contributed by atoms with van der Waals surface area (Å²) < 4.78 is 29.0. The fourth-order valence-corrected chi connectivity index (χ4v) is 6.13. The molecule has 1 atom stereocenters. The van der Waals surface area contributed by atoms with Crippen LogP contribution in [-0.4, -0.2) is 50.5 Å². The van der Waals surface area contributed by atoms with Gasteiger partial charge in [0.25, 0.3) is 10.0 Å². The van der Waals surface area contributed by atoms with E-state index in [-0.39, 0.29) is 23.3 Å². The Morgan fingerprint density at radius 1 is 0.927 bits per heavy atom. The molecule has 1 unspecified atom stereocenters. The second kappa shape index (κ2) is 14.4. The van der Waals surface area contributed by atoms with Crippen LogP contribution < -0.4 is 9.62 Å². The van der Waals surface area contributed by atoms with Gasteiger partial charge in [-0.3, -0.25) is 13.9 Å². The highest BCUT2D eigenvalue weighted by atomic mass is 35.5. The van der Waals surface area contributed by atoms with E-state index in [4.69, 9.17) is 23.2 Å². The van der Waals surface area contributed by atoms with Crippen LogP contribution in [0.25, 0.3) is 0 Å². The molecular formula is C30H35Cl2N3O4S2. The van der Waals surface area contributed by atoms with Gasteiger partial charge in [0.05, 0.1) is 20.6 Å². The summed E-state index contributed by atoms with van der Waals surface area (Å²) in [4.78, 5) is 29.4. The number of nitrogens with zero attached hydrogens (tertiary/aromatic N) is 2. The van der Waals surface area contributed by atoms with Gasteiger partial charge in [0.1, 0.15) is 12.6 Å². The van der Waals surface area contributed by atoms with Crippen LogP contribution in [0.4, 0.5) is 5.69 Å². The molecule has 220 valence electrons. The molecule has 0 saturated carbocycles. The Morgan fingerprint density at radius 2 is 1.56 bits per heavy atom. The van der Waals surface area contributed by atoms with Crippen molar-refractivity contribution in [3.05, 3.63) is 87.9 Å². The highest BCUT2D eigenvalue weighted by Gasteiger charge is 2.32. The van der Waals surface area contributed by atoms with Gasteiger partial charge in [-0.2, -0.15) is 0 Å². The van der Waals surface area contributed by atoms with E-state index in [2.05, 4.69) is 5.32 Å². The lowest BCUT2D eigenvalue weighted by Gasteiger charge is -2.32. The summed E-state index contributed by atoms with van der Waals surface area (Å²) in [6, 6.07) is 17.5. The van der Waals surface area contributed by atoms with Crippen molar-refractivity contribution >= 4 is 62.5 Å². The number of anilines is 1. The molecule has 0 heterocycles. The van der Waals surface area contributed by atoms with E-state index >= 15 is 0 Å². The van der Waals surface area contributed by atoms with Crippen molar-refractivity contribution < 1.29 is 18.0 Å². The zero-order chi connectivity index (χ0) is 30.3. The van der Waals surface area contributed by atoms with E-state index in [0.29, 0.717) is 27.8 Å². The molecule has 0 aliphatic heterocycles. The van der Waals surface area contributed by atoms with Crippen molar-refractivity contribution in [1.29, 1.82) is 0 Å². The maximum absolute atomic E-state index is 14.0. The summed E-state index contributed by atoms with van der Waals surface area (Å²) >= 11 is 13.8. The van der Waals surface area contributed by atoms with Crippen LogP contribution in [0.3, 0.4) is 0 Å². The Morgan fingerprint density at radius 3 is 2.12 bits per heavy atom. The van der Waals surface area contributed by atoms with E-state index in [1.807, 2.05) is 27.0 Å². The molecule has 1 N–H and O–H groups in total. The molecule has 0 radical (unpaired) electrons. The predicted molar refractivity (Wildman–Crippen MR) is 168 cm³/mol. The number of carbonyl (C=O) groups excluding carboxylic acids is 2. The molecule has 0 aliphatic rings. The summed E-state index contributed by atoms with van der Waals surface area (Å²) in [6.07, 6.45) is 1.90. The predicted octanol–water partition coefficient (Wildman–Crippen LogP) is 6.41. The van der Waals surface area contributed by atoms with E-state index in [0.717, 1.165) is 14.8 Å². The van der Waals surface area contributed by atoms with Crippen LogP contribution in [0, 0.1) is 12.8 Å². The van der Waals surface area contributed by atoms with Gasteiger partial charge in [0.2, 0.25) is 11.8 Å². The quantitative estimate of drug-likeness (QED) is 0.232. The zero-order valence-corrected chi connectivity index (χ0v) is 26.9. The fourth-order valence-electron chi connectivity index (χ4n) is 3.98. The largest absolute Gasteiger partial charge is 0.354 e. The van der Waals surface area contributed by atoms with Gasteiger partial charge < -0.3 is 10.2 Å². The summed E-state index contributed by atoms with van der Waals surface area (Å²) in [5, 5.41) is 3.54. The van der Waals surface area contributed by atoms with Crippen molar-refractivity contribution in [3.8, 4) is 0 Å². The highest BCUT2D eigenvalue weighted by molar-refractivity contribution is 7.98. The minimum atomic E-state index is -4.14. The minimum Gasteiger partial charge on any atom is -0.354 e. The SMILES string of the molecule is CSc1ccc(S(=O)(=O)N(CC(=O)N(Cc2ccc(Cl)c(Cl)c2)C(C)C(=O)NCC(C)C)c2ccc(C)cc2)cc1. The molecule has 0 bridgehead atoms. The molecular weight excluding hydrogens is 601 g/mol. The number of benzene rings is 3. The van der Waals surface area contributed by atoms with E-state index in [9.17, 15) is 18.0 Å². The molecule has 3 aromatic rings. The van der Waals surface area contributed by atoms with Crippen LogP contribution in [0.5, 0.6) is 0 Å². The molecule has 0 saturated heterocycles. The van der Waals surface area contributed by atoms with E-state index in [1.165, 1.54) is 28.8 Å². The number of hydrogen-bond donors (Lipinski definition) is 1. The maximum atomic E-state index is 14.0. The first-order valence-electron chi connectivity index (χ1n) is 13.1. The van der Waals surface area contributed by atoms with Gasteiger partial charge in [0, 0.05) is 18.0 Å². The normalized spacial score (nSPS) is 12.2. The molecule has 2 amide bonds. The number of hydrogen-bond acceptors (Lipinski definition) is 5. The summed E-state index contributed by atoms with van der Waals surface area (Å²) in [5.41, 5.74) is 1.93. The third-order valence-electron chi connectivity index (χ3n) is 6.44. The lowest BCUT2D eigenvalue weighted by molar-refractivity contribution is -0.139. The molecule has 3 rings (SSSR count). The lowest BCUT2D eigenvalue weighted by atomic mass is 10.1. The number of carbonyl (C=O) groups is 2. The first kappa shape index (κ1) is 32.8. The van der Waals surface area contributed by atoms with Gasteiger partial charge in [-0.1, -0.05) is 60.8 Å². The molecule has 3 aromatic carbocycles. The standard InChI is InChI=1S/C30H35Cl2N3O4S2/c1-20(2)17-33-30(37)22(4)34(18-23-8-15-27(31)28(32)16-23)29(36)19-35(24-9-6-21(3)7-10-24)41(38,39)26-13-11-25(40-5)12-14-26/h6-16,20,22H,17-19H2,1-5H3,(H,33,37). The first-order valence-corrected chi connectivity index (χ1v) is 16.5. The van der Waals surface area contributed by atoms with Crippen molar-refractivity contribution in [2.75, 3.05) is 23.7 Å². The number of amides is 2. The van der Waals surface area contributed by atoms with Crippen molar-refractivity contribution in [2.45, 2.75) is 50.1 Å². The average Bonchev–Trinajstić information content (AvgIpc) is 2.95. The number of thioether (sulfide) groups is 1. The monoisotopic (exact) mass is 635 g/mol. The van der Waals surface area contributed by atoms with Crippen LogP contribution in [0.2, 0.25) is 10.0 Å². The molecule has 0 aliphatic carbocycles. The Kier molecular flexibility index (Phi) is 11.6. The van der Waals surface area contributed by atoms with Gasteiger partial charge in [-0.05, 0) is 80.1 Å². The van der Waals surface area contributed by atoms with Crippen molar-refractivity contribution in [1.82, 2.24) is 10.2 Å². The molecule has 0 fully saturated rings. The molecule has 0 aromatic heterocycles. The summed E-state index contributed by atoms with van der Waals surface area (Å²) in [6.45, 7) is 7.41. The highest BCUT2D eigenvalue weighted by Crippen LogP contribution is 2.27. The Labute approximate surface area is 257 Å². The first-order chi connectivity index (χ1) is 19.3. The third kappa shape index (κ3) is 8.64. The number of aryl methyl sites for hydroxylation is 1. The molecule has 7 nitrogen and oxygen atoms in total. The van der Waals surface area contributed by atoms with Crippen molar-refractivity contribution in [2.24, 2.45) is 5.92 Å². The van der Waals surface area contributed by atoms with Crippen LogP contribution >= 0.6 is 35.0 Å². The second-order valence-corrected chi connectivity index (χ2v) is 13.7. The smallest absolute Gasteiger partial charge is 0.264 e. The molecule has 11 heteroatoms. The summed E-state index contributed by atoms with van der Waals surface area (Å²) in [5.74, 6) is -0.678. The van der Waals surface area contributed by atoms with Gasteiger partial charge in [-0.25, -0.2) is 8.42 Å². The Bertz CT molecular complexity index is 1460. The number of sulfonamides is 1. The van der Waals surface area contributed by atoms with E-state index in [1.54, 1.807) is 61.5 Å². The van der Waals surface area contributed by atoms with Crippen LogP contribution in [0.1, 0.15) is 31.9 Å². The minimum absolute atomic E-state index is 0.0240. The van der Waals surface area contributed by atoms with Gasteiger partial charge >= 0.3 is 0 Å². The molecule has 0 spiro atoms. The van der Waals surface area contributed by atoms with Crippen LogP contribution in [-0.2, 0) is 26.2 Å². The number of nitrogens with one attached hydrogen (secondary N) is 1. The number of halogens is 2. The average molecular weight is 637 g/mol. The fraction of sp³-hybridized carbons (Fsp3) is 0.333. The van der Waals surface area contributed by atoms with Gasteiger partial charge in [0.15, 0.2) is 0 Å². The number of rotatable bonds is 12. The topological polar surface area (TPSA) is 86.8 Å². The zero-order valence-electron chi connectivity index (χ0n) is 23.7. The lowest BCUT2D eigenvalue weighted by Crippen LogP contribution is -2.51. The van der Waals surface area contributed by atoms with E-state index < -0.39 is 28.5 Å². The summed E-state index contributed by atoms with van der Waals surface area (Å²) in [7, 11) is -4.14. The molecule has 41 heavy (non-hydrogen) atoms. The Balaban J connectivity index is 2.02. The van der Waals surface area contributed by atoms with Crippen molar-refractivity contribution in [3.63, 3.8) is 0 Å². The third-order valence-corrected chi connectivity index (χ3v) is 9.71. The maximum Gasteiger partial charge on any atom is 0.264 e. The Hall–Kier alpha value is -2.72. The second-order valence-electron chi connectivity index (χ2n) is 10.1. The van der Waals surface area contributed by atoms with Gasteiger partial charge in [-0.15, -0.1) is 11.8 Å². The van der Waals surface area contributed by atoms with Crippen LogP contribution in [0.15, 0.2) is 76.5 Å².